The van der Waals surface area contributed by atoms with E-state index in [1.165, 1.54) is 0 Å². The Hall–Kier alpha value is -1.50. The predicted molar refractivity (Wildman–Crippen MR) is 111 cm³/mol. The first-order valence-electron chi connectivity index (χ1n) is 8.92. The summed E-state index contributed by atoms with van der Waals surface area (Å²) in [6.45, 7) is 3.29. The number of nitrogens with zero attached hydrogens (tertiary/aromatic N) is 1. The van der Waals surface area contributed by atoms with Crippen LogP contribution in [0.2, 0.25) is 15.1 Å². The molecule has 1 N–H and O–H groups in total. The molecule has 150 valence electrons. The Morgan fingerprint density at radius 2 is 1.93 bits per heavy atom. The van der Waals surface area contributed by atoms with Crippen LogP contribution < -0.4 is 10.1 Å². The van der Waals surface area contributed by atoms with Crippen molar-refractivity contribution in [1.82, 2.24) is 10.2 Å². The SMILES string of the molecule is O=C(COc1ccc(Cl)cc1)NC[C@H]1CN(Cc2ccc(Cl)c(Cl)c2)CCO1. The van der Waals surface area contributed by atoms with E-state index < -0.39 is 0 Å². The molecular weight excluding hydrogens is 423 g/mol. The number of hydrogen-bond acceptors (Lipinski definition) is 4. The fourth-order valence-electron chi connectivity index (χ4n) is 2.90. The molecule has 28 heavy (non-hydrogen) atoms. The van der Waals surface area contributed by atoms with Crippen molar-refractivity contribution in [3.8, 4) is 5.75 Å². The number of carbonyl (C=O) groups excluding carboxylic acids is 1. The Kier molecular flexibility index (Phi) is 7.82. The largest absolute Gasteiger partial charge is 0.484 e. The third-order valence-electron chi connectivity index (χ3n) is 4.32. The summed E-state index contributed by atoms with van der Waals surface area (Å²) in [5.74, 6) is 0.404. The van der Waals surface area contributed by atoms with Gasteiger partial charge >= 0.3 is 0 Å². The summed E-state index contributed by atoms with van der Waals surface area (Å²) in [5.41, 5.74) is 1.09. The fraction of sp³-hybridized carbons (Fsp3) is 0.350. The molecule has 0 spiro atoms. The van der Waals surface area contributed by atoms with E-state index in [9.17, 15) is 4.79 Å². The van der Waals surface area contributed by atoms with Crippen LogP contribution in [-0.4, -0.2) is 49.8 Å². The van der Waals surface area contributed by atoms with Crippen LogP contribution in [0.3, 0.4) is 0 Å². The number of ether oxygens (including phenoxy) is 2. The summed E-state index contributed by atoms with van der Waals surface area (Å²) in [5, 5.41) is 4.58. The molecule has 1 saturated heterocycles. The van der Waals surface area contributed by atoms with Crippen LogP contribution in [-0.2, 0) is 16.1 Å². The lowest BCUT2D eigenvalue weighted by atomic mass is 10.2. The van der Waals surface area contributed by atoms with E-state index in [0.717, 1.165) is 25.2 Å². The van der Waals surface area contributed by atoms with Gasteiger partial charge in [0.15, 0.2) is 6.61 Å². The first-order chi connectivity index (χ1) is 13.5. The van der Waals surface area contributed by atoms with Crippen molar-refractivity contribution in [3.63, 3.8) is 0 Å². The molecule has 1 heterocycles. The number of rotatable bonds is 7. The topological polar surface area (TPSA) is 50.8 Å². The number of morpholine rings is 1. The second-order valence-electron chi connectivity index (χ2n) is 6.52. The Morgan fingerprint density at radius 3 is 2.68 bits per heavy atom. The highest BCUT2D eigenvalue weighted by Crippen LogP contribution is 2.23. The van der Waals surface area contributed by atoms with Crippen molar-refractivity contribution in [3.05, 3.63) is 63.1 Å². The smallest absolute Gasteiger partial charge is 0.258 e. The van der Waals surface area contributed by atoms with Crippen LogP contribution in [0.1, 0.15) is 5.56 Å². The summed E-state index contributed by atoms with van der Waals surface area (Å²) in [6.07, 6.45) is -0.0731. The number of nitrogens with one attached hydrogen (secondary N) is 1. The number of carbonyl (C=O) groups is 1. The molecule has 0 saturated carbocycles. The van der Waals surface area contributed by atoms with Gasteiger partial charge in [-0.05, 0) is 42.0 Å². The summed E-state index contributed by atoms with van der Waals surface area (Å²) < 4.78 is 11.2. The van der Waals surface area contributed by atoms with Gasteiger partial charge in [0, 0.05) is 31.2 Å². The van der Waals surface area contributed by atoms with E-state index in [1.807, 2.05) is 12.1 Å². The molecule has 0 aliphatic carbocycles. The highest BCUT2D eigenvalue weighted by atomic mass is 35.5. The molecule has 2 aromatic rings. The molecule has 0 unspecified atom stereocenters. The monoisotopic (exact) mass is 442 g/mol. The van der Waals surface area contributed by atoms with Gasteiger partial charge < -0.3 is 14.8 Å². The Balaban J connectivity index is 1.41. The van der Waals surface area contributed by atoms with Crippen molar-refractivity contribution in [1.29, 1.82) is 0 Å². The number of amides is 1. The maximum Gasteiger partial charge on any atom is 0.258 e. The van der Waals surface area contributed by atoms with Gasteiger partial charge in [0.05, 0.1) is 22.8 Å². The predicted octanol–water partition coefficient (Wildman–Crippen LogP) is 4.04. The number of benzene rings is 2. The summed E-state index contributed by atoms with van der Waals surface area (Å²) >= 11 is 17.9. The number of hydrogen-bond donors (Lipinski definition) is 1. The van der Waals surface area contributed by atoms with Crippen molar-refractivity contribution in [2.24, 2.45) is 0 Å². The van der Waals surface area contributed by atoms with Crippen LogP contribution in [0.15, 0.2) is 42.5 Å². The number of halogens is 3. The molecule has 0 radical (unpaired) electrons. The zero-order chi connectivity index (χ0) is 19.9. The van der Waals surface area contributed by atoms with Crippen LogP contribution in [0.5, 0.6) is 5.75 Å². The highest BCUT2D eigenvalue weighted by molar-refractivity contribution is 6.42. The van der Waals surface area contributed by atoms with Crippen molar-refractivity contribution in [2.75, 3.05) is 32.8 Å². The van der Waals surface area contributed by atoms with E-state index in [4.69, 9.17) is 44.3 Å². The molecule has 0 bridgehead atoms. The molecule has 0 aromatic heterocycles. The van der Waals surface area contributed by atoms with E-state index in [1.54, 1.807) is 30.3 Å². The van der Waals surface area contributed by atoms with Gasteiger partial charge in [-0.15, -0.1) is 0 Å². The zero-order valence-electron chi connectivity index (χ0n) is 15.2. The first kappa shape index (κ1) is 21.2. The fourth-order valence-corrected chi connectivity index (χ4v) is 3.35. The molecule has 8 heteroatoms. The van der Waals surface area contributed by atoms with Crippen molar-refractivity contribution >= 4 is 40.7 Å². The summed E-state index contributed by atoms with van der Waals surface area (Å²) in [4.78, 5) is 14.3. The molecule has 3 rings (SSSR count). The second-order valence-corrected chi connectivity index (χ2v) is 7.77. The van der Waals surface area contributed by atoms with E-state index in [2.05, 4.69) is 10.2 Å². The maximum atomic E-state index is 12.0. The normalized spacial score (nSPS) is 17.3. The lowest BCUT2D eigenvalue weighted by Crippen LogP contribution is -2.47. The quantitative estimate of drug-likeness (QED) is 0.701. The van der Waals surface area contributed by atoms with Crippen molar-refractivity contribution in [2.45, 2.75) is 12.6 Å². The minimum absolute atomic E-state index is 0.0542. The van der Waals surface area contributed by atoms with Gasteiger partial charge in [-0.2, -0.15) is 0 Å². The molecule has 1 atom stereocenters. The van der Waals surface area contributed by atoms with Gasteiger partial charge in [0.1, 0.15) is 5.75 Å². The summed E-state index contributed by atoms with van der Waals surface area (Å²) in [6, 6.07) is 12.5. The third-order valence-corrected chi connectivity index (χ3v) is 5.31. The van der Waals surface area contributed by atoms with Gasteiger partial charge in [0.25, 0.3) is 5.91 Å². The van der Waals surface area contributed by atoms with Crippen LogP contribution in [0, 0.1) is 0 Å². The standard InChI is InChI=1S/C20H21Cl3N2O3/c21-15-2-4-16(5-3-15)28-13-20(26)24-10-17-12-25(7-8-27-17)11-14-1-6-18(22)19(23)9-14/h1-6,9,17H,7-8,10-13H2,(H,24,26)/t17-/m0/s1. The molecule has 5 nitrogen and oxygen atoms in total. The van der Waals surface area contributed by atoms with E-state index in [0.29, 0.717) is 34.0 Å². The minimum Gasteiger partial charge on any atom is -0.484 e. The van der Waals surface area contributed by atoms with Gasteiger partial charge in [0.2, 0.25) is 0 Å². The molecule has 2 aromatic carbocycles. The maximum absolute atomic E-state index is 12.0. The lowest BCUT2D eigenvalue weighted by molar-refractivity contribution is -0.124. The van der Waals surface area contributed by atoms with Crippen LogP contribution >= 0.6 is 34.8 Å². The average Bonchev–Trinajstić information content (AvgIpc) is 2.69. The minimum atomic E-state index is -0.194. The van der Waals surface area contributed by atoms with E-state index >= 15 is 0 Å². The molecular formula is C20H21Cl3N2O3. The lowest BCUT2D eigenvalue weighted by Gasteiger charge is -2.33. The first-order valence-corrected chi connectivity index (χ1v) is 10.1. The Labute approximate surface area is 179 Å². The Bertz CT molecular complexity index is 802. The van der Waals surface area contributed by atoms with Crippen molar-refractivity contribution < 1.29 is 14.3 Å². The second kappa shape index (κ2) is 10.3. The van der Waals surface area contributed by atoms with Gasteiger partial charge in [-0.3, -0.25) is 9.69 Å². The molecule has 1 amide bonds. The highest BCUT2D eigenvalue weighted by Gasteiger charge is 2.21. The van der Waals surface area contributed by atoms with Gasteiger partial charge in [-0.25, -0.2) is 0 Å². The van der Waals surface area contributed by atoms with Crippen LogP contribution in [0.25, 0.3) is 0 Å². The Morgan fingerprint density at radius 1 is 1.14 bits per heavy atom. The zero-order valence-corrected chi connectivity index (χ0v) is 17.4. The molecule has 1 aliphatic heterocycles. The van der Waals surface area contributed by atoms with E-state index in [-0.39, 0.29) is 18.6 Å². The summed E-state index contributed by atoms with van der Waals surface area (Å²) in [7, 11) is 0. The molecule has 1 fully saturated rings. The average molecular weight is 444 g/mol. The van der Waals surface area contributed by atoms with Crippen LogP contribution in [0.4, 0.5) is 0 Å². The molecule has 1 aliphatic rings. The third kappa shape index (κ3) is 6.54. The van der Waals surface area contributed by atoms with Gasteiger partial charge in [-0.1, -0.05) is 40.9 Å².